The molecule has 1 unspecified atom stereocenters. The van der Waals surface area contributed by atoms with Gasteiger partial charge < -0.3 is 10.2 Å². The fourth-order valence-electron chi connectivity index (χ4n) is 3.20. The van der Waals surface area contributed by atoms with Gasteiger partial charge in [0.15, 0.2) is 0 Å². The summed E-state index contributed by atoms with van der Waals surface area (Å²) in [7, 11) is -3.25. The highest BCUT2D eigenvalue weighted by Gasteiger charge is 2.22. The molecule has 0 amide bonds. The predicted molar refractivity (Wildman–Crippen MR) is 108 cm³/mol. The van der Waals surface area contributed by atoms with E-state index < -0.39 is 10.0 Å². The van der Waals surface area contributed by atoms with Gasteiger partial charge in [0.2, 0.25) is 10.0 Å². The molecular weight excluding hydrogens is 368 g/mol. The average molecular weight is 395 g/mol. The lowest BCUT2D eigenvalue weighted by Gasteiger charge is -2.35. The molecule has 1 fully saturated rings. The van der Waals surface area contributed by atoms with Crippen LogP contribution in [-0.4, -0.2) is 38.3 Å². The predicted octanol–water partition coefficient (Wildman–Crippen LogP) is 3.22. The molecule has 1 atom stereocenters. The first kappa shape index (κ1) is 19.1. The molecule has 0 aliphatic carbocycles. The quantitative estimate of drug-likeness (QED) is 0.754. The Balaban J connectivity index is 1.56. The molecular formula is C18H26N4O2S2. The molecule has 0 bridgehead atoms. The third-order valence-electron chi connectivity index (χ3n) is 4.67. The van der Waals surface area contributed by atoms with E-state index in [0.29, 0.717) is 11.7 Å². The van der Waals surface area contributed by atoms with Crippen molar-refractivity contribution >= 4 is 32.7 Å². The summed E-state index contributed by atoms with van der Waals surface area (Å²) in [6.45, 7) is 5.70. The molecule has 1 aromatic heterocycles. The van der Waals surface area contributed by atoms with Crippen molar-refractivity contribution in [1.29, 1.82) is 0 Å². The first-order valence-corrected chi connectivity index (χ1v) is 11.5. The Morgan fingerprint density at radius 1 is 1.35 bits per heavy atom. The van der Waals surface area contributed by atoms with Gasteiger partial charge in [0.1, 0.15) is 5.01 Å². The Hall–Kier alpha value is -1.64. The Bertz CT molecular complexity index is 800. The maximum absolute atomic E-state index is 11.8. The Morgan fingerprint density at radius 3 is 2.77 bits per heavy atom. The van der Waals surface area contributed by atoms with Crippen LogP contribution in [0, 0.1) is 0 Å². The van der Waals surface area contributed by atoms with Crippen molar-refractivity contribution in [3.05, 3.63) is 40.8 Å². The summed E-state index contributed by atoms with van der Waals surface area (Å²) in [5.74, 6) is 0.0750. The molecule has 8 heteroatoms. The summed E-state index contributed by atoms with van der Waals surface area (Å²) in [4.78, 5) is 6.70. The SMILES string of the molecule is CCS(=O)(=O)Nc1cccc(N2CCC(NC(C)c3nccs3)CC2)c1. The van der Waals surface area contributed by atoms with Gasteiger partial charge in [0.25, 0.3) is 0 Å². The summed E-state index contributed by atoms with van der Waals surface area (Å²) in [6, 6.07) is 8.40. The Morgan fingerprint density at radius 2 is 2.12 bits per heavy atom. The molecule has 0 saturated carbocycles. The first-order chi connectivity index (χ1) is 12.5. The third kappa shape index (κ3) is 4.96. The largest absolute Gasteiger partial charge is 0.371 e. The van der Waals surface area contributed by atoms with E-state index in [1.165, 1.54) is 0 Å². The second-order valence-corrected chi connectivity index (χ2v) is 9.51. The maximum atomic E-state index is 11.8. The van der Waals surface area contributed by atoms with Crippen LogP contribution in [0.4, 0.5) is 11.4 Å². The number of aromatic nitrogens is 1. The summed E-state index contributed by atoms with van der Waals surface area (Å²) in [5.41, 5.74) is 1.69. The molecule has 1 saturated heterocycles. The fraction of sp³-hybridized carbons (Fsp3) is 0.500. The van der Waals surface area contributed by atoms with E-state index in [9.17, 15) is 8.42 Å². The molecule has 2 aromatic rings. The molecule has 26 heavy (non-hydrogen) atoms. The van der Waals surface area contributed by atoms with Crippen molar-refractivity contribution in [3.63, 3.8) is 0 Å². The number of sulfonamides is 1. The van der Waals surface area contributed by atoms with Gasteiger partial charge in [0, 0.05) is 36.4 Å². The van der Waals surface area contributed by atoms with Crippen molar-refractivity contribution in [2.75, 3.05) is 28.5 Å². The molecule has 1 aliphatic rings. The van der Waals surface area contributed by atoms with E-state index in [0.717, 1.165) is 36.6 Å². The monoisotopic (exact) mass is 394 g/mol. The lowest BCUT2D eigenvalue weighted by atomic mass is 10.0. The van der Waals surface area contributed by atoms with E-state index >= 15 is 0 Å². The smallest absolute Gasteiger partial charge is 0.232 e. The molecule has 0 radical (unpaired) electrons. The number of nitrogens with one attached hydrogen (secondary N) is 2. The molecule has 6 nitrogen and oxygen atoms in total. The molecule has 0 spiro atoms. The van der Waals surface area contributed by atoms with Crippen LogP contribution >= 0.6 is 11.3 Å². The third-order valence-corrected chi connectivity index (χ3v) is 6.93. The van der Waals surface area contributed by atoms with Crippen molar-refractivity contribution < 1.29 is 8.42 Å². The minimum Gasteiger partial charge on any atom is -0.371 e. The number of thiazole rings is 1. The molecule has 1 aliphatic heterocycles. The van der Waals surface area contributed by atoms with Crippen molar-refractivity contribution in [1.82, 2.24) is 10.3 Å². The lowest BCUT2D eigenvalue weighted by Crippen LogP contribution is -2.43. The van der Waals surface area contributed by atoms with E-state index in [2.05, 4.69) is 26.8 Å². The number of rotatable bonds is 7. The zero-order valence-electron chi connectivity index (χ0n) is 15.2. The highest BCUT2D eigenvalue weighted by atomic mass is 32.2. The number of hydrogen-bond donors (Lipinski definition) is 2. The maximum Gasteiger partial charge on any atom is 0.232 e. The topological polar surface area (TPSA) is 74.3 Å². The van der Waals surface area contributed by atoms with Crippen LogP contribution in [-0.2, 0) is 10.0 Å². The number of benzene rings is 1. The first-order valence-electron chi connectivity index (χ1n) is 8.98. The van der Waals surface area contributed by atoms with Gasteiger partial charge in [-0.1, -0.05) is 6.07 Å². The van der Waals surface area contributed by atoms with Crippen LogP contribution < -0.4 is 14.9 Å². The Kier molecular flexibility index (Phi) is 6.16. The summed E-state index contributed by atoms with van der Waals surface area (Å²) in [5, 5.41) is 6.81. The average Bonchev–Trinajstić information content (AvgIpc) is 3.17. The highest BCUT2D eigenvalue weighted by Crippen LogP contribution is 2.25. The van der Waals surface area contributed by atoms with Crippen LogP contribution in [0.15, 0.2) is 35.8 Å². The summed E-state index contributed by atoms with van der Waals surface area (Å²) in [6.07, 6.45) is 3.96. The van der Waals surface area contributed by atoms with Crippen LogP contribution in [0.2, 0.25) is 0 Å². The van der Waals surface area contributed by atoms with Crippen molar-refractivity contribution in [2.45, 2.75) is 38.8 Å². The zero-order valence-corrected chi connectivity index (χ0v) is 16.8. The normalized spacial score (nSPS) is 17.2. The minimum absolute atomic E-state index is 0.0750. The number of nitrogens with zero attached hydrogens (tertiary/aromatic N) is 2. The van der Waals surface area contributed by atoms with Gasteiger partial charge in [0.05, 0.1) is 17.5 Å². The molecule has 2 heterocycles. The zero-order chi connectivity index (χ0) is 18.6. The second-order valence-electron chi connectivity index (χ2n) is 6.58. The summed E-state index contributed by atoms with van der Waals surface area (Å²) < 4.78 is 26.1. The standard InChI is InChI=1S/C18H26N4O2S2/c1-3-26(23,24)21-16-5-4-6-17(13-16)22-10-7-15(8-11-22)20-14(2)18-19-9-12-25-18/h4-6,9,12-15,20-21H,3,7-8,10-11H2,1-2H3. The van der Waals surface area contributed by atoms with Gasteiger partial charge in [-0.25, -0.2) is 13.4 Å². The molecule has 3 rings (SSSR count). The molecule has 142 valence electrons. The van der Waals surface area contributed by atoms with Crippen molar-refractivity contribution in [3.8, 4) is 0 Å². The van der Waals surface area contributed by atoms with Crippen LogP contribution in [0.1, 0.15) is 37.7 Å². The summed E-state index contributed by atoms with van der Waals surface area (Å²) >= 11 is 1.68. The van der Waals surface area contributed by atoms with Gasteiger partial charge in [-0.3, -0.25) is 4.72 Å². The van der Waals surface area contributed by atoms with E-state index in [1.54, 1.807) is 24.3 Å². The van der Waals surface area contributed by atoms with Crippen molar-refractivity contribution in [2.24, 2.45) is 0 Å². The number of anilines is 2. The number of hydrogen-bond acceptors (Lipinski definition) is 6. The number of piperidine rings is 1. The van der Waals surface area contributed by atoms with Gasteiger partial charge >= 0.3 is 0 Å². The second kappa shape index (κ2) is 8.37. The van der Waals surface area contributed by atoms with E-state index in [-0.39, 0.29) is 11.8 Å². The molecule has 1 aromatic carbocycles. The molecule has 2 N–H and O–H groups in total. The van der Waals surface area contributed by atoms with E-state index in [1.807, 2.05) is 29.8 Å². The minimum atomic E-state index is -3.25. The van der Waals surface area contributed by atoms with Gasteiger partial charge in [-0.2, -0.15) is 0 Å². The van der Waals surface area contributed by atoms with Gasteiger partial charge in [-0.15, -0.1) is 11.3 Å². The highest BCUT2D eigenvalue weighted by molar-refractivity contribution is 7.92. The van der Waals surface area contributed by atoms with E-state index in [4.69, 9.17) is 0 Å². The van der Waals surface area contributed by atoms with Crippen LogP contribution in [0.5, 0.6) is 0 Å². The van der Waals surface area contributed by atoms with Crippen LogP contribution in [0.25, 0.3) is 0 Å². The van der Waals surface area contributed by atoms with Crippen LogP contribution in [0.3, 0.4) is 0 Å². The fourth-order valence-corrected chi connectivity index (χ4v) is 4.48. The lowest BCUT2D eigenvalue weighted by molar-refractivity contribution is 0.380. The Labute approximate surface area is 159 Å². The van der Waals surface area contributed by atoms with Gasteiger partial charge in [-0.05, 0) is 44.9 Å².